The molecule has 0 aliphatic carbocycles. The average Bonchev–Trinajstić information content (AvgIpc) is 3.31. The number of aliphatic hydroxyl groups is 5. The standard InChI is InChI=1S/C54H105NO12S/c1-3-5-7-9-11-13-15-17-19-21-23-25-27-29-31-33-35-37-39-41-43-48(58)53(61)55-46(45-65-54-51(60)52(67-68(62,63)64)50(59)49(44-56)66-54)47(57)42-40-38-36-34-32-30-28-26-24-22-20-18-16-14-12-10-8-6-4-2/h40,42,46-52,54,56-60H,3-39,41,43-45H2,1-2H3,(H,55,61)(H,62,63,64)/b42-40+. The van der Waals surface area contributed by atoms with E-state index in [4.69, 9.17) is 9.47 Å². The number of allylic oxidation sites excluding steroid dienone is 1. The average molecular weight is 992 g/mol. The Labute approximate surface area is 415 Å². The minimum atomic E-state index is -5.12. The van der Waals surface area contributed by atoms with Gasteiger partial charge in [0.1, 0.15) is 30.5 Å². The minimum Gasteiger partial charge on any atom is -0.394 e. The molecule has 1 aliphatic heterocycles. The van der Waals surface area contributed by atoms with Crippen molar-refractivity contribution in [2.24, 2.45) is 0 Å². The van der Waals surface area contributed by atoms with Crippen molar-refractivity contribution in [2.45, 2.75) is 313 Å². The van der Waals surface area contributed by atoms with Gasteiger partial charge in [0.25, 0.3) is 0 Å². The molecular weight excluding hydrogens is 887 g/mol. The predicted octanol–water partition coefficient (Wildman–Crippen LogP) is 11.6. The van der Waals surface area contributed by atoms with Gasteiger partial charge in [-0.15, -0.1) is 0 Å². The Hall–Kier alpha value is -1.20. The highest BCUT2D eigenvalue weighted by atomic mass is 32.3. The van der Waals surface area contributed by atoms with Crippen molar-refractivity contribution in [2.75, 3.05) is 13.2 Å². The van der Waals surface area contributed by atoms with Crippen LogP contribution in [0.2, 0.25) is 0 Å². The number of carbonyl (C=O) groups excluding carboxylic acids is 1. The van der Waals surface area contributed by atoms with Gasteiger partial charge in [-0.2, -0.15) is 8.42 Å². The van der Waals surface area contributed by atoms with E-state index in [9.17, 15) is 43.3 Å². The van der Waals surface area contributed by atoms with Crippen LogP contribution in [0.25, 0.3) is 0 Å². The minimum absolute atomic E-state index is 0.249. The highest BCUT2D eigenvalue weighted by molar-refractivity contribution is 7.80. The van der Waals surface area contributed by atoms with Crippen LogP contribution in [0.1, 0.15) is 264 Å². The van der Waals surface area contributed by atoms with Crippen LogP contribution in [-0.4, -0.2) is 107 Å². The van der Waals surface area contributed by atoms with E-state index in [1.165, 1.54) is 193 Å². The zero-order valence-corrected chi connectivity index (χ0v) is 44.1. The van der Waals surface area contributed by atoms with E-state index in [0.29, 0.717) is 12.8 Å². The molecule has 0 spiro atoms. The molecule has 7 N–H and O–H groups in total. The summed E-state index contributed by atoms with van der Waals surface area (Å²) < 4.78 is 47.7. The first-order valence-electron chi connectivity index (χ1n) is 28.2. The van der Waals surface area contributed by atoms with Crippen molar-refractivity contribution in [3.63, 3.8) is 0 Å². The summed E-state index contributed by atoms with van der Waals surface area (Å²) in [6, 6.07) is -1.12. The van der Waals surface area contributed by atoms with E-state index in [2.05, 4.69) is 23.3 Å². The molecule has 0 bridgehead atoms. The normalized spacial score (nSPS) is 20.3. The van der Waals surface area contributed by atoms with Gasteiger partial charge in [-0.1, -0.05) is 257 Å². The molecule has 1 rings (SSSR count). The maximum atomic E-state index is 13.2. The van der Waals surface area contributed by atoms with Gasteiger partial charge in [0.05, 0.1) is 25.4 Å². The summed E-state index contributed by atoms with van der Waals surface area (Å²) in [6.45, 7) is 3.27. The summed E-state index contributed by atoms with van der Waals surface area (Å²) in [7, 11) is -5.12. The van der Waals surface area contributed by atoms with Gasteiger partial charge in [-0.3, -0.25) is 9.35 Å². The number of nitrogens with one attached hydrogen (secondary N) is 1. The van der Waals surface area contributed by atoms with Crippen LogP contribution in [0.3, 0.4) is 0 Å². The first-order chi connectivity index (χ1) is 32.9. The van der Waals surface area contributed by atoms with E-state index < -0.39 is 78.5 Å². The third-order valence-electron chi connectivity index (χ3n) is 13.7. The van der Waals surface area contributed by atoms with Gasteiger partial charge in [-0.25, -0.2) is 4.18 Å². The molecule has 1 heterocycles. The Morgan fingerprint density at radius 1 is 0.588 bits per heavy atom. The van der Waals surface area contributed by atoms with Crippen LogP contribution in [0.4, 0.5) is 0 Å². The molecule has 8 unspecified atom stereocenters. The third-order valence-corrected chi connectivity index (χ3v) is 14.1. The second-order valence-electron chi connectivity index (χ2n) is 20.0. The SMILES string of the molecule is CCCCCCCCCCCCCCCCCCC/C=C/C(O)C(COC1OC(CO)C(O)C(OS(=O)(=O)O)C1O)NC(=O)C(O)CCCCCCCCCCCCCCCCCCCCCC. The largest absolute Gasteiger partial charge is 0.397 e. The lowest BCUT2D eigenvalue weighted by Gasteiger charge is -2.41. The summed E-state index contributed by atoms with van der Waals surface area (Å²) in [5, 5.41) is 55.5. The smallest absolute Gasteiger partial charge is 0.394 e. The quantitative estimate of drug-likeness (QED) is 0.0172. The van der Waals surface area contributed by atoms with Crippen LogP contribution in [0, 0.1) is 0 Å². The van der Waals surface area contributed by atoms with Crippen molar-refractivity contribution in [1.29, 1.82) is 0 Å². The number of amides is 1. The highest BCUT2D eigenvalue weighted by Gasteiger charge is 2.48. The molecular formula is C54H105NO12S. The summed E-state index contributed by atoms with van der Waals surface area (Å²) in [6.07, 6.45) is 40.0. The van der Waals surface area contributed by atoms with E-state index in [0.717, 1.165) is 38.5 Å². The Morgan fingerprint density at radius 3 is 1.32 bits per heavy atom. The van der Waals surface area contributed by atoms with E-state index in [1.54, 1.807) is 6.08 Å². The molecule has 1 amide bonds. The summed E-state index contributed by atoms with van der Waals surface area (Å²) in [4.78, 5) is 13.2. The molecule has 8 atom stereocenters. The van der Waals surface area contributed by atoms with Crippen molar-refractivity contribution >= 4 is 16.3 Å². The maximum Gasteiger partial charge on any atom is 0.397 e. The molecule has 1 saturated heterocycles. The zero-order chi connectivity index (χ0) is 49.9. The molecule has 0 aromatic carbocycles. The summed E-state index contributed by atoms with van der Waals surface area (Å²) in [5.41, 5.74) is 0. The predicted molar refractivity (Wildman–Crippen MR) is 275 cm³/mol. The maximum absolute atomic E-state index is 13.2. The number of unbranched alkanes of at least 4 members (excludes halogenated alkanes) is 36. The third kappa shape index (κ3) is 35.8. The first-order valence-corrected chi connectivity index (χ1v) is 29.5. The zero-order valence-electron chi connectivity index (χ0n) is 43.3. The van der Waals surface area contributed by atoms with Gasteiger partial charge in [-0.05, 0) is 19.3 Å². The molecule has 14 heteroatoms. The number of rotatable bonds is 49. The molecule has 0 aromatic heterocycles. The van der Waals surface area contributed by atoms with Gasteiger partial charge in [0.2, 0.25) is 5.91 Å². The van der Waals surface area contributed by atoms with Crippen molar-refractivity contribution in [1.82, 2.24) is 5.32 Å². The van der Waals surface area contributed by atoms with E-state index in [1.807, 2.05) is 6.08 Å². The molecule has 0 radical (unpaired) electrons. The number of carbonyl (C=O) groups is 1. The van der Waals surface area contributed by atoms with Gasteiger partial charge < -0.3 is 40.3 Å². The molecule has 0 aromatic rings. The lowest BCUT2D eigenvalue weighted by atomic mass is 9.99. The van der Waals surface area contributed by atoms with Crippen LogP contribution in [0.15, 0.2) is 12.2 Å². The van der Waals surface area contributed by atoms with Crippen molar-refractivity contribution in [3.05, 3.63) is 12.2 Å². The van der Waals surface area contributed by atoms with E-state index >= 15 is 0 Å². The Balaban J connectivity index is 2.45. The van der Waals surface area contributed by atoms with Gasteiger partial charge in [0.15, 0.2) is 6.29 Å². The highest BCUT2D eigenvalue weighted by Crippen LogP contribution is 2.26. The molecule has 1 aliphatic rings. The number of hydrogen-bond donors (Lipinski definition) is 7. The molecule has 13 nitrogen and oxygen atoms in total. The van der Waals surface area contributed by atoms with Crippen molar-refractivity contribution < 1.29 is 57.0 Å². The Kier molecular flexibility index (Phi) is 42.4. The summed E-state index contributed by atoms with van der Waals surface area (Å²) >= 11 is 0. The number of aliphatic hydroxyl groups excluding tert-OH is 5. The van der Waals surface area contributed by atoms with Gasteiger partial charge >= 0.3 is 10.4 Å². The van der Waals surface area contributed by atoms with E-state index in [-0.39, 0.29) is 6.42 Å². The molecule has 1 fully saturated rings. The fourth-order valence-electron chi connectivity index (χ4n) is 9.23. The fourth-order valence-corrected chi connectivity index (χ4v) is 9.74. The van der Waals surface area contributed by atoms with Crippen LogP contribution in [-0.2, 0) is 28.9 Å². The van der Waals surface area contributed by atoms with Crippen molar-refractivity contribution in [3.8, 4) is 0 Å². The van der Waals surface area contributed by atoms with Gasteiger partial charge in [0, 0.05) is 0 Å². The molecule has 404 valence electrons. The number of hydrogen-bond acceptors (Lipinski definition) is 11. The second kappa shape index (κ2) is 44.5. The topological polar surface area (TPSA) is 212 Å². The molecule has 68 heavy (non-hydrogen) atoms. The Morgan fingerprint density at radius 2 is 0.956 bits per heavy atom. The van der Waals surface area contributed by atoms with Crippen LogP contribution in [0.5, 0.6) is 0 Å². The van der Waals surface area contributed by atoms with Crippen LogP contribution >= 0.6 is 0 Å². The lowest BCUT2D eigenvalue weighted by Crippen LogP contribution is -2.61. The molecule has 0 saturated carbocycles. The fraction of sp³-hybridized carbons (Fsp3) is 0.944. The van der Waals surface area contributed by atoms with Crippen LogP contribution < -0.4 is 5.32 Å². The summed E-state index contributed by atoms with van der Waals surface area (Å²) in [5.74, 6) is -0.696. The second-order valence-corrected chi connectivity index (χ2v) is 21.1. The Bertz CT molecular complexity index is 1270. The monoisotopic (exact) mass is 992 g/mol. The number of ether oxygens (including phenoxy) is 2. The first kappa shape index (κ1) is 64.8. The lowest BCUT2D eigenvalue weighted by molar-refractivity contribution is -0.298.